The van der Waals surface area contributed by atoms with E-state index in [9.17, 15) is 9.59 Å². The molecular formula is C23H24ClN3O2S. The van der Waals surface area contributed by atoms with Crippen molar-refractivity contribution in [1.82, 2.24) is 10.2 Å². The van der Waals surface area contributed by atoms with Crippen LogP contribution in [0.25, 0.3) is 6.08 Å². The van der Waals surface area contributed by atoms with Crippen molar-refractivity contribution < 1.29 is 9.59 Å². The lowest BCUT2D eigenvalue weighted by molar-refractivity contribution is -0.112. The zero-order chi connectivity index (χ0) is 21.1. The molecule has 0 radical (unpaired) electrons. The van der Waals surface area contributed by atoms with Crippen LogP contribution in [0.2, 0.25) is 5.02 Å². The number of carbonyl (C=O) groups excluding carboxylic acids is 2. The zero-order valence-corrected chi connectivity index (χ0v) is 18.4. The van der Waals surface area contributed by atoms with Crippen LogP contribution in [0.5, 0.6) is 0 Å². The number of amides is 2. The van der Waals surface area contributed by atoms with Gasteiger partial charge in [0.2, 0.25) is 0 Å². The summed E-state index contributed by atoms with van der Waals surface area (Å²) in [5.41, 5.74) is 2.00. The summed E-state index contributed by atoms with van der Waals surface area (Å²) in [4.78, 5) is 29.1. The molecule has 1 atom stereocenters. The van der Waals surface area contributed by atoms with Crippen LogP contribution < -0.4 is 10.6 Å². The minimum Gasteiger partial charge on any atom is -0.350 e. The van der Waals surface area contributed by atoms with Crippen LogP contribution in [0.3, 0.4) is 0 Å². The lowest BCUT2D eigenvalue weighted by Crippen LogP contribution is -2.40. The molecule has 0 saturated carbocycles. The fourth-order valence-corrected chi connectivity index (χ4v) is 5.00. The third-order valence-electron chi connectivity index (χ3n) is 5.53. The van der Waals surface area contributed by atoms with E-state index in [0.29, 0.717) is 33.8 Å². The molecule has 2 aromatic rings. The number of fused-ring (bicyclic) bond motifs is 1. The highest BCUT2D eigenvalue weighted by atomic mass is 35.5. The molecule has 1 fully saturated rings. The molecule has 7 heteroatoms. The maximum Gasteiger partial charge on any atom is 0.262 e. The first kappa shape index (κ1) is 21.0. The van der Waals surface area contributed by atoms with Gasteiger partial charge in [0.15, 0.2) is 0 Å². The van der Waals surface area contributed by atoms with Crippen molar-refractivity contribution in [3.63, 3.8) is 0 Å². The van der Waals surface area contributed by atoms with Crippen molar-refractivity contribution in [2.24, 2.45) is 0 Å². The number of rotatable bonds is 5. The van der Waals surface area contributed by atoms with E-state index in [2.05, 4.69) is 22.5 Å². The number of nitrogens with zero attached hydrogens (tertiary/aromatic N) is 1. The number of thioether (sulfide) groups is 1. The van der Waals surface area contributed by atoms with Gasteiger partial charge in [-0.1, -0.05) is 48.5 Å². The largest absolute Gasteiger partial charge is 0.350 e. The van der Waals surface area contributed by atoms with Crippen molar-refractivity contribution in [3.8, 4) is 0 Å². The molecule has 30 heavy (non-hydrogen) atoms. The number of halogens is 1. The topological polar surface area (TPSA) is 61.4 Å². The monoisotopic (exact) mass is 441 g/mol. The molecule has 0 aliphatic carbocycles. The Bertz CT molecular complexity index is 1010. The van der Waals surface area contributed by atoms with Gasteiger partial charge in [-0.15, -0.1) is 0 Å². The summed E-state index contributed by atoms with van der Waals surface area (Å²) in [6, 6.07) is 13.2. The third kappa shape index (κ3) is 4.56. The minimum absolute atomic E-state index is 0.114. The fourth-order valence-electron chi connectivity index (χ4n) is 3.89. The summed E-state index contributed by atoms with van der Waals surface area (Å²) in [7, 11) is 0. The highest BCUT2D eigenvalue weighted by molar-refractivity contribution is 8.04. The Labute approximate surface area is 185 Å². The molecular weight excluding hydrogens is 418 g/mol. The summed E-state index contributed by atoms with van der Waals surface area (Å²) in [6.07, 6.45) is 4.08. The van der Waals surface area contributed by atoms with E-state index in [4.69, 9.17) is 11.6 Å². The normalized spacial score (nSPS) is 20.1. The molecule has 1 saturated heterocycles. The van der Waals surface area contributed by atoms with Crippen molar-refractivity contribution in [2.75, 3.05) is 25.0 Å². The summed E-state index contributed by atoms with van der Waals surface area (Å²) >= 11 is 7.59. The van der Waals surface area contributed by atoms with Crippen LogP contribution in [0.15, 0.2) is 52.3 Å². The molecule has 156 valence electrons. The minimum atomic E-state index is -0.200. The molecule has 2 N–H and O–H groups in total. The van der Waals surface area contributed by atoms with E-state index >= 15 is 0 Å². The third-order valence-corrected chi connectivity index (χ3v) is 6.97. The number of likely N-dealkylation sites (tertiary alicyclic amines) is 1. The molecule has 0 bridgehead atoms. The second-order valence-electron chi connectivity index (χ2n) is 7.43. The van der Waals surface area contributed by atoms with E-state index < -0.39 is 0 Å². The van der Waals surface area contributed by atoms with Crippen LogP contribution in [-0.2, 0) is 4.79 Å². The number of benzene rings is 2. The first-order valence-corrected chi connectivity index (χ1v) is 11.4. The Morgan fingerprint density at radius 1 is 1.33 bits per heavy atom. The lowest BCUT2D eigenvalue weighted by Gasteiger charge is -2.23. The predicted octanol–water partition coefficient (Wildman–Crippen LogP) is 4.64. The second kappa shape index (κ2) is 9.25. The maximum absolute atomic E-state index is 12.6. The summed E-state index contributed by atoms with van der Waals surface area (Å²) < 4.78 is 0. The number of hydrogen-bond acceptors (Lipinski definition) is 4. The number of hydrogen-bond donors (Lipinski definition) is 2. The van der Waals surface area contributed by atoms with E-state index in [1.54, 1.807) is 24.3 Å². The summed E-state index contributed by atoms with van der Waals surface area (Å²) in [5, 5.41) is 6.54. The van der Waals surface area contributed by atoms with Crippen LogP contribution in [0.4, 0.5) is 5.69 Å². The highest BCUT2D eigenvalue weighted by Crippen LogP contribution is 2.39. The smallest absolute Gasteiger partial charge is 0.262 e. The molecule has 4 rings (SSSR count). The number of anilines is 1. The van der Waals surface area contributed by atoms with Gasteiger partial charge in [-0.2, -0.15) is 0 Å². The molecule has 0 spiro atoms. The lowest BCUT2D eigenvalue weighted by atomic mass is 10.1. The van der Waals surface area contributed by atoms with Gasteiger partial charge < -0.3 is 10.6 Å². The Kier molecular flexibility index (Phi) is 6.46. The Hall–Kier alpha value is -2.28. The average molecular weight is 442 g/mol. The quantitative estimate of drug-likeness (QED) is 0.663. The van der Waals surface area contributed by atoms with Crippen molar-refractivity contribution in [3.05, 3.63) is 63.5 Å². The average Bonchev–Trinajstić information content (AvgIpc) is 3.21. The standard InChI is InChI=1S/C23H24ClN3O2S/c1-2-27-11-5-7-17(27)14-25-22(28)16-9-10-20-19(12-16)26-23(29)21(30-20)13-15-6-3-4-8-18(15)24/h3-4,6,8-10,12-13,17H,2,5,7,11,14H2,1H3,(H,25,28)(H,26,29)/b21-13+/t17-/m0/s1. The fraction of sp³-hybridized carbons (Fsp3) is 0.304. The molecule has 2 aliphatic heterocycles. The Balaban J connectivity index is 1.46. The van der Waals surface area contributed by atoms with Crippen LogP contribution in [-0.4, -0.2) is 42.4 Å². The summed E-state index contributed by atoms with van der Waals surface area (Å²) in [6.45, 7) is 4.91. The molecule has 2 aliphatic rings. The SMILES string of the molecule is CCN1CCC[C@H]1CNC(=O)c1ccc2c(c1)NC(=O)/C(=C\c1ccccc1Cl)S2. The number of nitrogens with one attached hydrogen (secondary N) is 2. The van der Waals surface area contributed by atoms with Gasteiger partial charge >= 0.3 is 0 Å². The first-order valence-electron chi connectivity index (χ1n) is 10.2. The van der Waals surface area contributed by atoms with Gasteiger partial charge in [0, 0.05) is 28.1 Å². The van der Waals surface area contributed by atoms with E-state index in [-0.39, 0.29) is 11.8 Å². The van der Waals surface area contributed by atoms with Gasteiger partial charge in [0.1, 0.15) is 0 Å². The van der Waals surface area contributed by atoms with Crippen molar-refractivity contribution in [2.45, 2.75) is 30.7 Å². The molecule has 2 amide bonds. The van der Waals surface area contributed by atoms with Gasteiger partial charge in [-0.3, -0.25) is 14.5 Å². The number of likely N-dealkylation sites (N-methyl/N-ethyl adjacent to an activating group) is 1. The van der Waals surface area contributed by atoms with E-state index in [1.807, 2.05) is 24.3 Å². The maximum atomic E-state index is 12.6. The predicted molar refractivity (Wildman–Crippen MR) is 123 cm³/mol. The summed E-state index contributed by atoms with van der Waals surface area (Å²) in [5.74, 6) is -0.313. The molecule has 5 nitrogen and oxygen atoms in total. The van der Waals surface area contributed by atoms with E-state index in [0.717, 1.165) is 30.0 Å². The number of carbonyl (C=O) groups is 2. The van der Waals surface area contributed by atoms with Crippen molar-refractivity contribution >= 4 is 46.9 Å². The highest BCUT2D eigenvalue weighted by Gasteiger charge is 2.25. The van der Waals surface area contributed by atoms with Gasteiger partial charge in [0.25, 0.3) is 11.8 Å². The Morgan fingerprint density at radius 2 is 2.17 bits per heavy atom. The van der Waals surface area contributed by atoms with Gasteiger partial charge in [-0.25, -0.2) is 0 Å². The molecule has 0 aromatic heterocycles. The van der Waals surface area contributed by atoms with Gasteiger partial charge in [0.05, 0.1) is 10.6 Å². The van der Waals surface area contributed by atoms with Crippen LogP contribution in [0, 0.1) is 0 Å². The molecule has 0 unspecified atom stereocenters. The van der Waals surface area contributed by atoms with Crippen LogP contribution in [0.1, 0.15) is 35.7 Å². The van der Waals surface area contributed by atoms with Gasteiger partial charge in [-0.05, 0) is 61.8 Å². The van der Waals surface area contributed by atoms with E-state index in [1.165, 1.54) is 18.2 Å². The second-order valence-corrected chi connectivity index (χ2v) is 8.92. The zero-order valence-electron chi connectivity index (χ0n) is 16.8. The molecule has 2 aromatic carbocycles. The Morgan fingerprint density at radius 3 is 2.97 bits per heavy atom. The molecule has 2 heterocycles. The van der Waals surface area contributed by atoms with Crippen molar-refractivity contribution in [1.29, 1.82) is 0 Å². The van der Waals surface area contributed by atoms with Crippen LogP contribution >= 0.6 is 23.4 Å². The first-order chi connectivity index (χ1) is 14.5.